The lowest BCUT2D eigenvalue weighted by molar-refractivity contribution is -0.144. The summed E-state index contributed by atoms with van der Waals surface area (Å²) in [5.41, 5.74) is 0.925. The summed E-state index contributed by atoms with van der Waals surface area (Å²) in [6, 6.07) is 7.74. The summed E-state index contributed by atoms with van der Waals surface area (Å²) in [6.45, 7) is 1.83. The molecular weight excluding hydrogens is 395 g/mol. The molecule has 0 atom stereocenters. The number of carbonyl (C=O) groups is 1. The Bertz CT molecular complexity index is 981. The van der Waals surface area contributed by atoms with E-state index in [0.717, 1.165) is 15.1 Å². The van der Waals surface area contributed by atoms with Crippen molar-refractivity contribution in [2.24, 2.45) is 0 Å². The average molecular weight is 411 g/mol. The highest BCUT2D eigenvalue weighted by Gasteiger charge is 2.36. The van der Waals surface area contributed by atoms with Crippen molar-refractivity contribution in [1.82, 2.24) is 34.8 Å². The molecule has 0 bridgehead atoms. The molecule has 0 spiro atoms. The summed E-state index contributed by atoms with van der Waals surface area (Å²) in [7, 11) is 1.59. The smallest absolute Gasteiger partial charge is 0.335 e. The van der Waals surface area contributed by atoms with Crippen LogP contribution in [0.3, 0.4) is 0 Å². The highest BCUT2D eigenvalue weighted by molar-refractivity contribution is 7.98. The zero-order valence-corrected chi connectivity index (χ0v) is 16.0. The Labute approximate surface area is 162 Å². The van der Waals surface area contributed by atoms with Gasteiger partial charge in [0.25, 0.3) is 11.9 Å². The fourth-order valence-corrected chi connectivity index (χ4v) is 2.80. The summed E-state index contributed by atoms with van der Waals surface area (Å²) in [6.07, 6.45) is -2.69. The number of hydrogen-bond acceptors (Lipinski definition) is 6. The van der Waals surface area contributed by atoms with Crippen LogP contribution in [0.15, 0.2) is 29.2 Å². The number of aromatic amines is 1. The van der Waals surface area contributed by atoms with Crippen LogP contribution in [0.1, 0.15) is 27.8 Å². The zero-order valence-electron chi connectivity index (χ0n) is 15.2. The molecule has 8 nitrogen and oxygen atoms in total. The first-order valence-corrected chi connectivity index (χ1v) is 9.23. The number of rotatable bonds is 5. The number of hydrogen-bond donors (Lipinski definition) is 1. The summed E-state index contributed by atoms with van der Waals surface area (Å²) >= 11 is 1.62. The van der Waals surface area contributed by atoms with Gasteiger partial charge in [-0.25, -0.2) is 4.98 Å². The van der Waals surface area contributed by atoms with Crippen LogP contribution in [0.2, 0.25) is 0 Å². The predicted molar refractivity (Wildman–Crippen MR) is 95.1 cm³/mol. The number of benzene rings is 1. The van der Waals surface area contributed by atoms with E-state index in [2.05, 4.69) is 20.2 Å². The van der Waals surface area contributed by atoms with E-state index in [-0.39, 0.29) is 17.6 Å². The van der Waals surface area contributed by atoms with Gasteiger partial charge in [0.05, 0.1) is 0 Å². The highest BCUT2D eigenvalue weighted by Crippen LogP contribution is 2.26. The number of nitrogens with zero attached hydrogens (tertiary/aromatic N) is 6. The quantitative estimate of drug-likeness (QED) is 0.649. The first-order chi connectivity index (χ1) is 13.2. The molecule has 2 aromatic heterocycles. The summed E-state index contributed by atoms with van der Waals surface area (Å²) in [5, 5.41) is 9.26. The molecule has 3 rings (SSSR count). The second-order valence-electron chi connectivity index (χ2n) is 5.89. The number of aryl methyl sites for hydroxylation is 1. The minimum Gasteiger partial charge on any atom is -0.335 e. The third-order valence-electron chi connectivity index (χ3n) is 3.82. The van der Waals surface area contributed by atoms with Crippen molar-refractivity contribution in [3.8, 4) is 5.95 Å². The Balaban J connectivity index is 1.77. The van der Waals surface area contributed by atoms with Crippen molar-refractivity contribution >= 4 is 17.7 Å². The fourth-order valence-electron chi connectivity index (χ4n) is 2.39. The molecule has 0 aliphatic heterocycles. The number of carbonyl (C=O) groups excluding carboxylic acids is 1. The predicted octanol–water partition coefficient (Wildman–Crippen LogP) is 2.71. The van der Waals surface area contributed by atoms with Gasteiger partial charge in [0.15, 0.2) is 0 Å². The van der Waals surface area contributed by atoms with Crippen LogP contribution in [-0.2, 0) is 12.7 Å². The van der Waals surface area contributed by atoms with E-state index in [1.54, 1.807) is 23.9 Å². The first-order valence-electron chi connectivity index (χ1n) is 8.01. The van der Waals surface area contributed by atoms with Gasteiger partial charge in [-0.15, -0.1) is 22.0 Å². The Morgan fingerprint density at radius 3 is 2.50 bits per heavy atom. The van der Waals surface area contributed by atoms with Crippen LogP contribution >= 0.6 is 11.8 Å². The van der Waals surface area contributed by atoms with Gasteiger partial charge in [0.1, 0.15) is 5.82 Å². The van der Waals surface area contributed by atoms with E-state index < -0.39 is 17.9 Å². The number of thioether (sulfide) groups is 1. The number of alkyl halides is 3. The van der Waals surface area contributed by atoms with Gasteiger partial charge in [0, 0.05) is 18.5 Å². The average Bonchev–Trinajstić information content (AvgIpc) is 3.28. The van der Waals surface area contributed by atoms with Gasteiger partial charge >= 0.3 is 6.18 Å². The van der Waals surface area contributed by atoms with Crippen molar-refractivity contribution < 1.29 is 18.0 Å². The minimum atomic E-state index is -4.66. The van der Waals surface area contributed by atoms with Crippen LogP contribution in [0, 0.1) is 6.92 Å². The van der Waals surface area contributed by atoms with E-state index in [1.807, 2.05) is 30.5 Å². The molecule has 0 unspecified atom stereocenters. The van der Waals surface area contributed by atoms with Crippen molar-refractivity contribution in [2.75, 3.05) is 13.3 Å². The topological polar surface area (TPSA) is 92.6 Å². The van der Waals surface area contributed by atoms with Crippen LogP contribution in [-0.4, -0.2) is 54.1 Å². The molecule has 3 aromatic rings. The second kappa shape index (κ2) is 7.62. The third kappa shape index (κ3) is 4.16. The van der Waals surface area contributed by atoms with E-state index >= 15 is 0 Å². The maximum atomic E-state index is 12.7. The molecule has 0 saturated carbocycles. The highest BCUT2D eigenvalue weighted by atomic mass is 32.2. The lowest BCUT2D eigenvalue weighted by Gasteiger charge is -2.15. The van der Waals surface area contributed by atoms with Gasteiger partial charge < -0.3 is 4.90 Å². The summed E-state index contributed by atoms with van der Waals surface area (Å²) in [5.74, 6) is -2.03. The van der Waals surface area contributed by atoms with Gasteiger partial charge in [0.2, 0.25) is 11.6 Å². The maximum Gasteiger partial charge on any atom is 0.451 e. The standard InChI is InChI=1S/C16H16F3N7OS/c1-9-20-12(24-26(9)15-21-14(22-23-15)16(17,18)19)13(27)25(2)8-10-4-6-11(28-3)7-5-10/h4-7H,8H2,1-3H3,(H,21,22,23). The molecule has 1 aromatic carbocycles. The van der Waals surface area contributed by atoms with Crippen LogP contribution < -0.4 is 0 Å². The molecular formula is C16H16F3N7OS. The van der Waals surface area contributed by atoms with Crippen LogP contribution in [0.25, 0.3) is 5.95 Å². The molecule has 12 heteroatoms. The molecule has 1 amide bonds. The number of H-pyrrole nitrogens is 1. The van der Waals surface area contributed by atoms with Crippen LogP contribution in [0.4, 0.5) is 13.2 Å². The van der Waals surface area contributed by atoms with Gasteiger partial charge in [-0.2, -0.15) is 22.8 Å². The number of aromatic nitrogens is 6. The van der Waals surface area contributed by atoms with Gasteiger partial charge in [-0.1, -0.05) is 12.1 Å². The largest absolute Gasteiger partial charge is 0.451 e. The third-order valence-corrected chi connectivity index (χ3v) is 4.56. The summed E-state index contributed by atoms with van der Waals surface area (Å²) < 4.78 is 39.0. The maximum absolute atomic E-state index is 12.7. The van der Waals surface area contributed by atoms with E-state index in [4.69, 9.17) is 0 Å². The normalized spacial score (nSPS) is 11.6. The molecule has 148 valence electrons. The first kappa shape index (κ1) is 19.9. The van der Waals surface area contributed by atoms with Gasteiger partial charge in [-0.3, -0.25) is 9.89 Å². The molecule has 0 aliphatic carbocycles. The lowest BCUT2D eigenvalue weighted by Crippen LogP contribution is -2.27. The van der Waals surface area contributed by atoms with Crippen molar-refractivity contribution in [3.05, 3.63) is 47.3 Å². The monoisotopic (exact) mass is 411 g/mol. The molecule has 0 fully saturated rings. The number of amides is 1. The Hall–Kier alpha value is -2.89. The van der Waals surface area contributed by atoms with Crippen molar-refractivity contribution in [1.29, 1.82) is 0 Å². The molecule has 0 aliphatic rings. The van der Waals surface area contributed by atoms with Gasteiger partial charge in [-0.05, 0) is 30.9 Å². The Kier molecular flexibility index (Phi) is 5.40. The molecule has 2 heterocycles. The second-order valence-corrected chi connectivity index (χ2v) is 6.77. The molecule has 28 heavy (non-hydrogen) atoms. The van der Waals surface area contributed by atoms with E-state index in [0.29, 0.717) is 6.54 Å². The molecule has 0 radical (unpaired) electrons. The van der Waals surface area contributed by atoms with Crippen LogP contribution in [0.5, 0.6) is 0 Å². The lowest BCUT2D eigenvalue weighted by atomic mass is 10.2. The van der Waals surface area contributed by atoms with E-state index in [1.165, 1.54) is 11.8 Å². The Morgan fingerprint density at radius 2 is 1.93 bits per heavy atom. The number of halogens is 3. The SMILES string of the molecule is CSc1ccc(CN(C)C(=O)c2nc(C)n(-c3n[nH]c(C(F)(F)F)n3)n2)cc1. The molecule has 0 saturated heterocycles. The zero-order chi connectivity index (χ0) is 20.5. The molecule has 1 N–H and O–H groups in total. The fraction of sp³-hybridized carbons (Fsp3) is 0.312. The Morgan fingerprint density at radius 1 is 1.25 bits per heavy atom. The minimum absolute atomic E-state index is 0.154. The van der Waals surface area contributed by atoms with Crippen molar-refractivity contribution in [2.45, 2.75) is 24.5 Å². The summed E-state index contributed by atoms with van der Waals surface area (Å²) in [4.78, 5) is 22.5. The van der Waals surface area contributed by atoms with Crippen molar-refractivity contribution in [3.63, 3.8) is 0 Å². The number of nitrogens with one attached hydrogen (secondary N) is 1. The van der Waals surface area contributed by atoms with E-state index in [9.17, 15) is 18.0 Å².